The fourth-order valence-electron chi connectivity index (χ4n) is 3.10. The van der Waals surface area contributed by atoms with E-state index in [9.17, 15) is 8.42 Å². The van der Waals surface area contributed by atoms with Crippen molar-refractivity contribution in [2.24, 2.45) is 10.4 Å². The van der Waals surface area contributed by atoms with E-state index in [0.717, 1.165) is 17.5 Å². The first-order valence-electron chi connectivity index (χ1n) is 7.60. The molecule has 5 nitrogen and oxygen atoms in total. The Morgan fingerprint density at radius 1 is 1.29 bits per heavy atom. The maximum atomic E-state index is 11.3. The van der Waals surface area contributed by atoms with E-state index in [0.29, 0.717) is 12.0 Å². The van der Waals surface area contributed by atoms with E-state index in [-0.39, 0.29) is 0 Å². The molecule has 1 saturated carbocycles. The summed E-state index contributed by atoms with van der Waals surface area (Å²) in [5.41, 5.74) is -0.0920. The van der Waals surface area contributed by atoms with Crippen molar-refractivity contribution in [3.05, 3.63) is 0 Å². The van der Waals surface area contributed by atoms with Gasteiger partial charge in [-0.05, 0) is 32.1 Å². The zero-order valence-corrected chi connectivity index (χ0v) is 14.9. The third-order valence-electron chi connectivity index (χ3n) is 4.13. The molecule has 0 aromatic heterocycles. The van der Waals surface area contributed by atoms with Crippen molar-refractivity contribution in [1.29, 1.82) is 0 Å². The van der Waals surface area contributed by atoms with E-state index >= 15 is 0 Å². The molecule has 2 rings (SSSR count). The standard InChI is InChI=1S/C14H27N3O2S2/c1-13(2,17-21(3,18)19)9-15-12-16-10-14(11-20-12)7-5-4-6-8-14/h17H,4-11H2,1-3H3,(H,15,16). The van der Waals surface area contributed by atoms with Crippen molar-refractivity contribution in [1.82, 2.24) is 10.0 Å². The first-order chi connectivity index (χ1) is 9.70. The number of sulfonamides is 1. The Hall–Kier alpha value is -0.270. The molecule has 0 aromatic rings. The first-order valence-corrected chi connectivity index (χ1v) is 10.5. The molecule has 0 atom stereocenters. The zero-order chi connectivity index (χ0) is 15.6. The Morgan fingerprint density at radius 3 is 2.48 bits per heavy atom. The van der Waals surface area contributed by atoms with Gasteiger partial charge in [-0.3, -0.25) is 4.99 Å². The lowest BCUT2D eigenvalue weighted by molar-refractivity contribution is 0.232. The summed E-state index contributed by atoms with van der Waals surface area (Å²) in [6.07, 6.45) is 7.84. The highest BCUT2D eigenvalue weighted by Gasteiger charge is 2.35. The van der Waals surface area contributed by atoms with Crippen LogP contribution < -0.4 is 10.0 Å². The van der Waals surface area contributed by atoms with Crippen molar-refractivity contribution >= 4 is 27.0 Å². The predicted molar refractivity (Wildman–Crippen MR) is 90.3 cm³/mol. The minimum atomic E-state index is -3.19. The second-order valence-corrected chi connectivity index (χ2v) is 9.79. The van der Waals surface area contributed by atoms with Gasteiger partial charge in [-0.1, -0.05) is 31.0 Å². The van der Waals surface area contributed by atoms with Gasteiger partial charge in [-0.25, -0.2) is 13.1 Å². The largest absolute Gasteiger partial charge is 0.363 e. The van der Waals surface area contributed by atoms with Gasteiger partial charge in [0.05, 0.1) is 6.26 Å². The number of hydrogen-bond acceptors (Lipinski definition) is 5. The number of amidine groups is 1. The molecule has 21 heavy (non-hydrogen) atoms. The van der Waals surface area contributed by atoms with Gasteiger partial charge in [-0.15, -0.1) is 0 Å². The van der Waals surface area contributed by atoms with Crippen LogP contribution in [0.5, 0.6) is 0 Å². The van der Waals surface area contributed by atoms with Crippen molar-refractivity contribution in [2.75, 3.05) is 25.1 Å². The Balaban J connectivity index is 1.85. The van der Waals surface area contributed by atoms with Crippen LogP contribution in [0.1, 0.15) is 46.0 Å². The van der Waals surface area contributed by atoms with E-state index in [1.165, 1.54) is 38.4 Å². The first kappa shape index (κ1) is 17.1. The summed E-state index contributed by atoms with van der Waals surface area (Å²) in [6, 6.07) is 0. The lowest BCUT2D eigenvalue weighted by atomic mass is 9.75. The van der Waals surface area contributed by atoms with Crippen LogP contribution in [0.15, 0.2) is 4.99 Å². The normalized spacial score (nSPS) is 22.9. The van der Waals surface area contributed by atoms with Gasteiger partial charge in [0, 0.05) is 24.4 Å². The molecule has 0 radical (unpaired) electrons. The molecule has 0 bridgehead atoms. The lowest BCUT2D eigenvalue weighted by Crippen LogP contribution is -2.51. The number of hydrogen-bond donors (Lipinski definition) is 2. The highest BCUT2D eigenvalue weighted by Crippen LogP contribution is 2.41. The Morgan fingerprint density at radius 2 is 1.95 bits per heavy atom. The summed E-state index contributed by atoms with van der Waals surface area (Å²) in [6.45, 7) is 5.20. The van der Waals surface area contributed by atoms with Gasteiger partial charge in [0.25, 0.3) is 0 Å². The quantitative estimate of drug-likeness (QED) is 0.825. The van der Waals surface area contributed by atoms with Gasteiger partial charge in [0.2, 0.25) is 10.0 Å². The molecule has 122 valence electrons. The summed E-state index contributed by atoms with van der Waals surface area (Å²) in [5.74, 6) is 1.14. The molecule has 0 amide bonds. The van der Waals surface area contributed by atoms with Gasteiger partial charge in [0.15, 0.2) is 5.17 Å². The fourth-order valence-corrected chi connectivity index (χ4v) is 5.33. The molecule has 7 heteroatoms. The minimum Gasteiger partial charge on any atom is -0.363 e. The summed E-state index contributed by atoms with van der Waals surface area (Å²) >= 11 is 1.79. The number of rotatable bonds is 4. The predicted octanol–water partition coefficient (Wildman–Crippen LogP) is 1.96. The molecule has 2 aliphatic rings. The Kier molecular flexibility index (Phi) is 5.26. The molecular formula is C14H27N3O2S2. The third kappa shape index (κ3) is 5.45. The van der Waals surface area contributed by atoms with Crippen LogP contribution in [0, 0.1) is 5.41 Å². The van der Waals surface area contributed by atoms with Crippen LogP contribution in [-0.2, 0) is 10.0 Å². The topological polar surface area (TPSA) is 70.6 Å². The van der Waals surface area contributed by atoms with Gasteiger partial charge < -0.3 is 5.32 Å². The van der Waals surface area contributed by atoms with E-state index in [1.807, 2.05) is 13.8 Å². The fraction of sp³-hybridized carbons (Fsp3) is 0.929. The molecule has 1 aliphatic carbocycles. The van der Waals surface area contributed by atoms with Crippen LogP contribution in [-0.4, -0.2) is 44.2 Å². The van der Waals surface area contributed by atoms with Crippen molar-refractivity contribution < 1.29 is 8.42 Å². The monoisotopic (exact) mass is 333 g/mol. The molecule has 0 unspecified atom stereocenters. The van der Waals surface area contributed by atoms with E-state index in [1.54, 1.807) is 11.8 Å². The molecule has 2 N–H and O–H groups in total. The molecular weight excluding hydrogens is 306 g/mol. The number of nitrogens with one attached hydrogen (secondary N) is 2. The van der Waals surface area contributed by atoms with Crippen LogP contribution in [0.2, 0.25) is 0 Å². The Bertz CT molecular complexity index is 494. The highest BCUT2D eigenvalue weighted by molar-refractivity contribution is 8.13. The van der Waals surface area contributed by atoms with Gasteiger partial charge in [-0.2, -0.15) is 0 Å². The maximum Gasteiger partial charge on any atom is 0.209 e. The molecule has 1 aliphatic heterocycles. The zero-order valence-electron chi connectivity index (χ0n) is 13.2. The molecule has 1 fully saturated rings. The summed E-state index contributed by atoms with van der Waals surface area (Å²) in [5, 5.41) is 4.25. The van der Waals surface area contributed by atoms with Gasteiger partial charge in [0.1, 0.15) is 0 Å². The van der Waals surface area contributed by atoms with Crippen LogP contribution in [0.25, 0.3) is 0 Å². The highest BCUT2D eigenvalue weighted by atomic mass is 32.2. The van der Waals surface area contributed by atoms with Crippen LogP contribution in [0.4, 0.5) is 0 Å². The lowest BCUT2D eigenvalue weighted by Gasteiger charge is -2.38. The second kappa shape index (κ2) is 6.46. The number of nitrogens with zero attached hydrogens (tertiary/aromatic N) is 1. The van der Waals surface area contributed by atoms with Crippen LogP contribution >= 0.6 is 11.8 Å². The molecule has 1 heterocycles. The van der Waals surface area contributed by atoms with Crippen LogP contribution in [0.3, 0.4) is 0 Å². The third-order valence-corrected chi connectivity index (χ3v) is 6.36. The second-order valence-electron chi connectivity index (χ2n) is 7.08. The molecule has 0 saturated heterocycles. The summed E-state index contributed by atoms with van der Waals surface area (Å²) in [4.78, 5) is 4.70. The SMILES string of the molecule is CC(C)(CNC1=NCC2(CCCCC2)CS1)NS(C)(=O)=O. The molecule has 0 aromatic carbocycles. The summed E-state index contributed by atoms with van der Waals surface area (Å²) < 4.78 is 25.3. The van der Waals surface area contributed by atoms with Crippen molar-refractivity contribution in [2.45, 2.75) is 51.5 Å². The van der Waals surface area contributed by atoms with E-state index < -0.39 is 15.6 Å². The number of aliphatic imine (C=N–C) groups is 1. The van der Waals surface area contributed by atoms with E-state index in [4.69, 9.17) is 4.99 Å². The van der Waals surface area contributed by atoms with Crippen molar-refractivity contribution in [3.63, 3.8) is 0 Å². The smallest absolute Gasteiger partial charge is 0.209 e. The minimum absolute atomic E-state index is 0.425. The molecule has 1 spiro atoms. The van der Waals surface area contributed by atoms with Crippen molar-refractivity contribution in [3.8, 4) is 0 Å². The maximum absolute atomic E-state index is 11.3. The Labute approximate surface area is 132 Å². The van der Waals surface area contributed by atoms with Gasteiger partial charge >= 0.3 is 0 Å². The average Bonchev–Trinajstić information content (AvgIpc) is 2.36. The number of thioether (sulfide) groups is 1. The van der Waals surface area contributed by atoms with E-state index in [2.05, 4.69) is 10.0 Å². The summed E-state index contributed by atoms with van der Waals surface area (Å²) in [7, 11) is -3.19. The average molecular weight is 334 g/mol.